The average Bonchev–Trinajstić information content (AvgIpc) is 2.76. The maximum Gasteiger partial charge on any atom is 0.131 e. The van der Waals surface area contributed by atoms with Crippen LogP contribution in [0.5, 0.6) is 0 Å². The summed E-state index contributed by atoms with van der Waals surface area (Å²) in [5, 5.41) is 0. The predicted octanol–water partition coefficient (Wildman–Crippen LogP) is 9.18. The van der Waals surface area contributed by atoms with Gasteiger partial charge in [-0.25, -0.2) is 4.39 Å². The smallest absolute Gasteiger partial charge is 0.131 e. The van der Waals surface area contributed by atoms with Crippen molar-refractivity contribution >= 4 is 0 Å². The summed E-state index contributed by atoms with van der Waals surface area (Å²) in [7, 11) is 1.65. The minimum absolute atomic E-state index is 0.216. The van der Waals surface area contributed by atoms with Crippen LogP contribution in [0.15, 0.2) is 109 Å². The molecule has 0 aliphatic heterocycles. The molecule has 1 atom stereocenters. The Morgan fingerprint density at radius 2 is 1.50 bits per heavy atom. The first-order valence-corrected chi connectivity index (χ1v) is 11.3. The second kappa shape index (κ2) is 15.4. The van der Waals surface area contributed by atoms with E-state index in [0.717, 1.165) is 36.0 Å². The van der Waals surface area contributed by atoms with Crippen LogP contribution in [0.25, 0.3) is 0 Å². The molecule has 0 aromatic heterocycles. The van der Waals surface area contributed by atoms with Gasteiger partial charge in [-0.1, -0.05) is 103 Å². The fraction of sp³-hybridized carbons (Fsp3) is 0.400. The third kappa shape index (κ3) is 11.2. The van der Waals surface area contributed by atoms with Crippen LogP contribution in [0.4, 0.5) is 4.39 Å². The van der Waals surface area contributed by atoms with Gasteiger partial charge in [0.2, 0.25) is 0 Å². The third-order valence-corrected chi connectivity index (χ3v) is 5.50. The van der Waals surface area contributed by atoms with Gasteiger partial charge in [0.1, 0.15) is 5.83 Å². The molecule has 0 aliphatic carbocycles. The molecule has 2 heteroatoms. The predicted molar refractivity (Wildman–Crippen MR) is 141 cm³/mol. The molecule has 0 N–H and O–H groups in total. The van der Waals surface area contributed by atoms with E-state index in [0.29, 0.717) is 41.6 Å². The maximum absolute atomic E-state index is 14.8. The molecule has 0 bridgehead atoms. The lowest BCUT2D eigenvalue weighted by molar-refractivity contribution is 0.202. The van der Waals surface area contributed by atoms with E-state index in [4.69, 9.17) is 4.74 Å². The Morgan fingerprint density at radius 3 is 2.03 bits per heavy atom. The summed E-state index contributed by atoms with van der Waals surface area (Å²) in [5.41, 5.74) is 4.83. The van der Waals surface area contributed by atoms with Crippen molar-refractivity contribution in [2.75, 3.05) is 13.7 Å². The molecule has 1 nitrogen and oxygen atoms in total. The molecule has 0 saturated carbocycles. The first-order chi connectivity index (χ1) is 14.9. The summed E-state index contributed by atoms with van der Waals surface area (Å²) < 4.78 is 20.0. The highest BCUT2D eigenvalue weighted by atomic mass is 19.1. The highest BCUT2D eigenvalue weighted by Gasteiger charge is 2.09. The van der Waals surface area contributed by atoms with E-state index in [1.54, 1.807) is 7.11 Å². The van der Waals surface area contributed by atoms with Crippen molar-refractivity contribution in [2.45, 2.75) is 53.4 Å². The van der Waals surface area contributed by atoms with Gasteiger partial charge < -0.3 is 4.74 Å². The Morgan fingerprint density at radius 1 is 0.875 bits per heavy atom. The molecule has 0 spiro atoms. The van der Waals surface area contributed by atoms with E-state index < -0.39 is 5.83 Å². The molecule has 0 saturated heterocycles. The van der Waals surface area contributed by atoms with Gasteiger partial charge >= 0.3 is 0 Å². The van der Waals surface area contributed by atoms with Crippen molar-refractivity contribution in [3.63, 3.8) is 0 Å². The van der Waals surface area contributed by atoms with E-state index >= 15 is 0 Å². The summed E-state index contributed by atoms with van der Waals surface area (Å²) in [6, 6.07) is 0. The molecule has 1 unspecified atom stereocenters. The molecular weight excluding hydrogens is 395 g/mol. The Kier molecular flexibility index (Phi) is 14.2. The summed E-state index contributed by atoms with van der Waals surface area (Å²) in [6.07, 6.45) is 10.7. The lowest BCUT2D eigenvalue weighted by Crippen LogP contribution is -1.99. The van der Waals surface area contributed by atoms with E-state index in [1.807, 2.05) is 25.2 Å². The van der Waals surface area contributed by atoms with Gasteiger partial charge in [-0.3, -0.25) is 0 Å². The number of halogens is 1. The van der Waals surface area contributed by atoms with Gasteiger partial charge in [-0.05, 0) is 59.5 Å². The molecule has 0 aromatic rings. The zero-order valence-electron chi connectivity index (χ0n) is 21.0. The fourth-order valence-corrected chi connectivity index (χ4v) is 2.82. The largest absolute Gasteiger partial charge is 0.384 e. The zero-order chi connectivity index (χ0) is 24.8. The van der Waals surface area contributed by atoms with Crippen molar-refractivity contribution in [1.82, 2.24) is 0 Å². The molecule has 32 heavy (non-hydrogen) atoms. The molecule has 0 heterocycles. The van der Waals surface area contributed by atoms with Crippen LogP contribution in [0, 0.1) is 11.8 Å². The van der Waals surface area contributed by atoms with Gasteiger partial charge in [-0.15, -0.1) is 0 Å². The number of methoxy groups -OCH3 is 1. The second-order valence-electron chi connectivity index (χ2n) is 8.70. The van der Waals surface area contributed by atoms with Crippen molar-refractivity contribution in [2.24, 2.45) is 11.8 Å². The Balaban J connectivity index is 5.19. The third-order valence-electron chi connectivity index (χ3n) is 5.50. The van der Waals surface area contributed by atoms with Crippen LogP contribution in [0.2, 0.25) is 0 Å². The van der Waals surface area contributed by atoms with Crippen molar-refractivity contribution in [1.29, 1.82) is 0 Å². The summed E-state index contributed by atoms with van der Waals surface area (Å²) in [5.74, 6) is 0.580. The first-order valence-electron chi connectivity index (χ1n) is 11.3. The maximum atomic E-state index is 14.8. The van der Waals surface area contributed by atoms with Crippen LogP contribution in [-0.2, 0) is 4.74 Å². The summed E-state index contributed by atoms with van der Waals surface area (Å²) >= 11 is 0. The Hall–Kier alpha value is -2.45. The Labute approximate surface area is 196 Å². The molecule has 0 aromatic carbocycles. The van der Waals surface area contributed by atoms with Gasteiger partial charge in [0.25, 0.3) is 0 Å². The number of hydrogen-bond donors (Lipinski definition) is 0. The Bertz CT molecular complexity index is 814. The van der Waals surface area contributed by atoms with E-state index in [1.165, 1.54) is 6.08 Å². The van der Waals surface area contributed by atoms with Crippen molar-refractivity contribution in [3.05, 3.63) is 109 Å². The number of allylic oxidation sites excluding steroid dienone is 11. The molecule has 0 radical (unpaired) electrons. The van der Waals surface area contributed by atoms with Crippen molar-refractivity contribution < 1.29 is 9.13 Å². The average molecular weight is 439 g/mol. The lowest BCUT2D eigenvalue weighted by Gasteiger charge is -2.13. The van der Waals surface area contributed by atoms with Crippen LogP contribution < -0.4 is 0 Å². The summed E-state index contributed by atoms with van der Waals surface area (Å²) in [6.45, 7) is 33.2. The highest BCUT2D eigenvalue weighted by molar-refractivity contribution is 5.53. The monoisotopic (exact) mass is 438 g/mol. The zero-order valence-corrected chi connectivity index (χ0v) is 21.0. The number of ether oxygens (including phenoxy) is 1. The van der Waals surface area contributed by atoms with E-state index in [9.17, 15) is 4.39 Å². The van der Waals surface area contributed by atoms with Crippen LogP contribution in [-0.4, -0.2) is 13.7 Å². The van der Waals surface area contributed by atoms with E-state index in [-0.39, 0.29) is 5.57 Å². The molecule has 0 rings (SSSR count). The molecule has 176 valence electrons. The normalized spacial score (nSPS) is 13.3. The van der Waals surface area contributed by atoms with Crippen molar-refractivity contribution in [3.8, 4) is 0 Å². The first kappa shape index (κ1) is 29.5. The summed E-state index contributed by atoms with van der Waals surface area (Å²) in [4.78, 5) is 0. The minimum Gasteiger partial charge on any atom is -0.384 e. The molecular formula is C30H43FO. The minimum atomic E-state index is -0.483. The lowest BCUT2D eigenvalue weighted by atomic mass is 9.93. The second-order valence-corrected chi connectivity index (χ2v) is 8.70. The van der Waals surface area contributed by atoms with E-state index in [2.05, 4.69) is 60.2 Å². The number of hydrogen-bond acceptors (Lipinski definition) is 1. The fourth-order valence-electron chi connectivity index (χ4n) is 2.82. The standard InChI is InChI=1S/C30H43FO/c1-12-22(4)29(17-18-32-11)19-27(9)28(10)30(31)20-26(8)25(7)16-15-24(6)23(5)14-13-21(2)3/h15-16,19-21,23H,4,6-10,12-14,17-18H2,1-3,5,11H3/b16-15-,29-19-,30-20+. The van der Waals surface area contributed by atoms with Gasteiger partial charge in [-0.2, -0.15) is 0 Å². The van der Waals surface area contributed by atoms with Crippen LogP contribution in [0.1, 0.15) is 53.4 Å². The quantitative estimate of drug-likeness (QED) is 0.218. The molecule has 0 amide bonds. The molecule has 0 aliphatic rings. The highest BCUT2D eigenvalue weighted by Crippen LogP contribution is 2.26. The van der Waals surface area contributed by atoms with Gasteiger partial charge in [0.05, 0.1) is 6.61 Å². The van der Waals surface area contributed by atoms with Gasteiger partial charge in [0.15, 0.2) is 0 Å². The SMILES string of the molecule is C=C(/C=C\C(=C)C(C)CCC(C)C)C(=C)/C=C(/F)C(=C)C(=C)/C=C(/CCOC)C(=C)CC. The van der Waals surface area contributed by atoms with Crippen LogP contribution in [0.3, 0.4) is 0 Å². The topological polar surface area (TPSA) is 9.23 Å². The van der Waals surface area contributed by atoms with Crippen LogP contribution >= 0.6 is 0 Å². The molecule has 0 fully saturated rings. The number of rotatable bonds is 16. The van der Waals surface area contributed by atoms with Gasteiger partial charge in [0, 0.05) is 12.7 Å².